The molecular weight excluding hydrogens is 258 g/mol. The van der Waals surface area contributed by atoms with E-state index in [1.54, 1.807) is 24.3 Å². The van der Waals surface area contributed by atoms with E-state index in [2.05, 4.69) is 0 Å². The summed E-state index contributed by atoms with van der Waals surface area (Å²) in [5, 5.41) is 9.22. The predicted octanol–water partition coefficient (Wildman–Crippen LogP) is 2.03. The van der Waals surface area contributed by atoms with Crippen molar-refractivity contribution in [1.29, 1.82) is 0 Å². The van der Waals surface area contributed by atoms with Crippen LogP contribution in [0.15, 0.2) is 24.3 Å². The molecule has 20 heavy (non-hydrogen) atoms. The molecule has 1 N–H and O–H groups in total. The van der Waals surface area contributed by atoms with Gasteiger partial charge in [0.15, 0.2) is 0 Å². The highest BCUT2D eigenvalue weighted by Gasteiger charge is 2.37. The van der Waals surface area contributed by atoms with E-state index < -0.39 is 23.7 Å². The van der Waals surface area contributed by atoms with E-state index in [0.29, 0.717) is 17.5 Å². The second-order valence-corrected chi connectivity index (χ2v) is 5.43. The van der Waals surface area contributed by atoms with E-state index >= 15 is 0 Å². The van der Waals surface area contributed by atoms with Crippen LogP contribution in [0.2, 0.25) is 0 Å². The predicted molar refractivity (Wildman–Crippen MR) is 72.4 cm³/mol. The van der Waals surface area contributed by atoms with Gasteiger partial charge in [0.05, 0.1) is 17.0 Å². The van der Waals surface area contributed by atoms with E-state index in [0.717, 1.165) is 4.90 Å². The van der Waals surface area contributed by atoms with Crippen molar-refractivity contribution in [3.8, 4) is 0 Å². The number of carbonyl (C=O) groups excluding carboxylic acids is 2. The summed E-state index contributed by atoms with van der Waals surface area (Å²) >= 11 is 0. The molecule has 2 rings (SSSR count). The topological polar surface area (TPSA) is 74.7 Å². The molecule has 0 saturated heterocycles. The van der Waals surface area contributed by atoms with E-state index in [9.17, 15) is 19.5 Å². The average Bonchev–Trinajstić information content (AvgIpc) is 2.63. The lowest BCUT2D eigenvalue weighted by Gasteiger charge is -2.20. The van der Waals surface area contributed by atoms with Crippen molar-refractivity contribution in [2.24, 2.45) is 11.8 Å². The Balaban J connectivity index is 2.21. The van der Waals surface area contributed by atoms with Crippen molar-refractivity contribution in [3.63, 3.8) is 0 Å². The largest absolute Gasteiger partial charge is 0.481 e. The smallest absolute Gasteiger partial charge is 0.308 e. The monoisotopic (exact) mass is 275 g/mol. The first-order valence-electron chi connectivity index (χ1n) is 6.59. The van der Waals surface area contributed by atoms with Crippen molar-refractivity contribution in [2.45, 2.75) is 20.3 Å². The summed E-state index contributed by atoms with van der Waals surface area (Å²) in [5.74, 6) is -2.32. The third kappa shape index (κ3) is 2.57. The van der Waals surface area contributed by atoms with Gasteiger partial charge in [0.2, 0.25) is 0 Å². The van der Waals surface area contributed by atoms with E-state index in [4.69, 9.17) is 0 Å². The van der Waals surface area contributed by atoms with Crippen molar-refractivity contribution in [2.75, 3.05) is 6.54 Å². The zero-order chi connectivity index (χ0) is 14.9. The second kappa shape index (κ2) is 5.45. The number of hydrogen-bond acceptors (Lipinski definition) is 3. The molecule has 1 heterocycles. The summed E-state index contributed by atoms with van der Waals surface area (Å²) in [6, 6.07) is 6.56. The summed E-state index contributed by atoms with van der Waals surface area (Å²) in [7, 11) is 0. The van der Waals surface area contributed by atoms with Gasteiger partial charge in [0.25, 0.3) is 11.8 Å². The molecule has 2 amide bonds. The van der Waals surface area contributed by atoms with Crippen LogP contribution >= 0.6 is 0 Å². The van der Waals surface area contributed by atoms with Crippen LogP contribution in [0.4, 0.5) is 0 Å². The molecule has 0 aliphatic carbocycles. The number of carbonyl (C=O) groups is 3. The Hall–Kier alpha value is -2.17. The minimum Gasteiger partial charge on any atom is -0.481 e. The minimum atomic E-state index is -0.977. The molecule has 5 nitrogen and oxygen atoms in total. The molecule has 106 valence electrons. The van der Waals surface area contributed by atoms with Gasteiger partial charge in [-0.1, -0.05) is 26.0 Å². The Labute approximate surface area is 117 Å². The van der Waals surface area contributed by atoms with Crippen LogP contribution in [-0.4, -0.2) is 34.3 Å². The number of rotatable bonds is 5. The fourth-order valence-corrected chi connectivity index (χ4v) is 2.45. The van der Waals surface area contributed by atoms with Crippen LogP contribution in [0.1, 0.15) is 41.0 Å². The summed E-state index contributed by atoms with van der Waals surface area (Å²) in [5.41, 5.74) is 0.706. The number of benzene rings is 1. The first-order chi connectivity index (χ1) is 9.41. The minimum absolute atomic E-state index is 0.0696. The van der Waals surface area contributed by atoms with Crippen molar-refractivity contribution in [1.82, 2.24) is 4.90 Å². The van der Waals surface area contributed by atoms with Gasteiger partial charge in [-0.25, -0.2) is 0 Å². The Morgan fingerprint density at radius 1 is 1.15 bits per heavy atom. The molecule has 0 spiro atoms. The van der Waals surface area contributed by atoms with Crippen LogP contribution in [0.25, 0.3) is 0 Å². The summed E-state index contributed by atoms with van der Waals surface area (Å²) in [6.45, 7) is 3.76. The van der Waals surface area contributed by atoms with Gasteiger partial charge < -0.3 is 5.11 Å². The summed E-state index contributed by atoms with van der Waals surface area (Å²) < 4.78 is 0. The maximum absolute atomic E-state index is 12.2. The maximum atomic E-state index is 12.2. The lowest BCUT2D eigenvalue weighted by Crippen LogP contribution is -2.37. The first-order valence-corrected chi connectivity index (χ1v) is 6.59. The number of fused-ring (bicyclic) bond motifs is 1. The molecule has 0 radical (unpaired) electrons. The lowest BCUT2D eigenvalue weighted by atomic mass is 9.96. The van der Waals surface area contributed by atoms with Gasteiger partial charge in [-0.3, -0.25) is 19.3 Å². The lowest BCUT2D eigenvalue weighted by molar-refractivity contribution is -0.142. The van der Waals surface area contributed by atoms with E-state index in [-0.39, 0.29) is 12.5 Å². The normalized spacial score (nSPS) is 15.7. The zero-order valence-electron chi connectivity index (χ0n) is 11.5. The first kappa shape index (κ1) is 14.2. The van der Waals surface area contributed by atoms with Crippen LogP contribution in [-0.2, 0) is 4.79 Å². The number of imide groups is 1. The van der Waals surface area contributed by atoms with Gasteiger partial charge in [-0.2, -0.15) is 0 Å². The number of nitrogens with zero attached hydrogens (tertiary/aromatic N) is 1. The molecule has 1 atom stereocenters. The van der Waals surface area contributed by atoms with Crippen molar-refractivity contribution in [3.05, 3.63) is 35.4 Å². The standard InChI is InChI=1S/C15H17NO4/c1-9(2)7-10(15(19)20)8-16-13(17)11-5-3-4-6-12(11)14(16)18/h3-6,9-10H,7-8H2,1-2H3,(H,19,20). The molecule has 1 aromatic rings. The van der Waals surface area contributed by atoms with Crippen LogP contribution in [0.5, 0.6) is 0 Å². The molecule has 0 fully saturated rings. The van der Waals surface area contributed by atoms with Crippen LogP contribution in [0, 0.1) is 11.8 Å². The summed E-state index contributed by atoms with van der Waals surface area (Å²) in [6.07, 6.45) is 0.433. The highest BCUT2D eigenvalue weighted by atomic mass is 16.4. The fourth-order valence-electron chi connectivity index (χ4n) is 2.45. The Bertz CT molecular complexity index is 530. The molecule has 0 aromatic heterocycles. The molecule has 0 saturated carbocycles. The number of aliphatic carboxylic acids is 1. The SMILES string of the molecule is CC(C)CC(CN1C(=O)c2ccccc2C1=O)C(=O)O. The Kier molecular flexibility index (Phi) is 3.88. The molecule has 1 aliphatic rings. The van der Waals surface area contributed by atoms with Crippen LogP contribution < -0.4 is 0 Å². The van der Waals surface area contributed by atoms with Gasteiger partial charge in [0, 0.05) is 6.54 Å². The Morgan fingerprint density at radius 3 is 2.05 bits per heavy atom. The molecule has 1 aromatic carbocycles. The van der Waals surface area contributed by atoms with E-state index in [1.165, 1.54) is 0 Å². The van der Waals surface area contributed by atoms with Gasteiger partial charge in [0.1, 0.15) is 0 Å². The number of carboxylic acid groups (broad SMARTS) is 1. The second-order valence-electron chi connectivity index (χ2n) is 5.43. The molecule has 5 heteroatoms. The molecule has 0 bridgehead atoms. The zero-order valence-corrected chi connectivity index (χ0v) is 11.5. The molecule has 1 aliphatic heterocycles. The summed E-state index contributed by atoms with van der Waals surface area (Å²) in [4.78, 5) is 36.6. The fraction of sp³-hybridized carbons (Fsp3) is 0.400. The Morgan fingerprint density at radius 2 is 1.65 bits per heavy atom. The maximum Gasteiger partial charge on any atom is 0.308 e. The van der Waals surface area contributed by atoms with E-state index in [1.807, 2.05) is 13.8 Å². The van der Waals surface area contributed by atoms with Gasteiger partial charge in [-0.15, -0.1) is 0 Å². The van der Waals surface area contributed by atoms with Gasteiger partial charge >= 0.3 is 5.97 Å². The average molecular weight is 275 g/mol. The highest BCUT2D eigenvalue weighted by Crippen LogP contribution is 2.24. The van der Waals surface area contributed by atoms with Gasteiger partial charge in [-0.05, 0) is 24.5 Å². The van der Waals surface area contributed by atoms with Crippen molar-refractivity contribution >= 4 is 17.8 Å². The number of amides is 2. The van der Waals surface area contributed by atoms with Crippen LogP contribution in [0.3, 0.4) is 0 Å². The highest BCUT2D eigenvalue weighted by molar-refractivity contribution is 6.21. The molecular formula is C15H17NO4. The quantitative estimate of drug-likeness (QED) is 0.834. The number of hydrogen-bond donors (Lipinski definition) is 1. The molecule has 1 unspecified atom stereocenters. The van der Waals surface area contributed by atoms with Crippen molar-refractivity contribution < 1.29 is 19.5 Å². The third-order valence-corrected chi connectivity index (χ3v) is 3.39. The third-order valence-electron chi connectivity index (χ3n) is 3.39. The number of carboxylic acids is 1.